The van der Waals surface area contributed by atoms with Crippen molar-refractivity contribution < 1.29 is 0 Å². The van der Waals surface area contributed by atoms with E-state index in [9.17, 15) is 0 Å². The van der Waals surface area contributed by atoms with Crippen LogP contribution in [0, 0.1) is 0 Å². The molecule has 0 saturated heterocycles. The molecule has 0 aliphatic carbocycles. The molecule has 1 aromatic heterocycles. The molecule has 3 nitrogen and oxygen atoms in total. The van der Waals surface area contributed by atoms with Crippen molar-refractivity contribution in [1.29, 1.82) is 0 Å². The third-order valence-corrected chi connectivity index (χ3v) is 4.13. The highest BCUT2D eigenvalue weighted by atomic mass is 35.5. The largest absolute Gasteiger partial charge is 0.354 e. The Hall–Kier alpha value is -0.800. The first-order chi connectivity index (χ1) is 9.99. The molecule has 1 heterocycles. The van der Waals surface area contributed by atoms with Crippen molar-refractivity contribution in [2.24, 2.45) is 0 Å². The van der Waals surface area contributed by atoms with E-state index in [2.05, 4.69) is 55.9 Å². The van der Waals surface area contributed by atoms with Crippen LogP contribution in [0.3, 0.4) is 0 Å². The van der Waals surface area contributed by atoms with Gasteiger partial charge in [0.15, 0.2) is 0 Å². The summed E-state index contributed by atoms with van der Waals surface area (Å²) in [5.41, 5.74) is 1.13. The fraction of sp³-hybridized carbons (Fsp3) is 0.706. The van der Waals surface area contributed by atoms with Crippen LogP contribution in [0.2, 0.25) is 5.02 Å². The Morgan fingerprint density at radius 3 is 2.57 bits per heavy atom. The molecule has 1 unspecified atom stereocenters. The third kappa shape index (κ3) is 5.84. The second kappa shape index (κ2) is 9.26. The minimum absolute atomic E-state index is 0.448. The molecule has 1 atom stereocenters. The fourth-order valence-corrected chi connectivity index (χ4v) is 2.35. The Kier molecular flexibility index (Phi) is 8.05. The number of nitrogens with zero attached hydrogens (tertiary/aromatic N) is 2. The van der Waals surface area contributed by atoms with Gasteiger partial charge in [-0.3, -0.25) is 0 Å². The smallest absolute Gasteiger partial charge is 0.129 e. The molecule has 0 aromatic carbocycles. The molecular formula is C17H30ClN3. The lowest BCUT2D eigenvalue weighted by Crippen LogP contribution is -2.34. The molecule has 0 aliphatic rings. The van der Waals surface area contributed by atoms with Crippen molar-refractivity contribution in [2.75, 3.05) is 11.4 Å². The highest BCUT2D eigenvalue weighted by molar-refractivity contribution is 6.31. The maximum absolute atomic E-state index is 6.28. The molecule has 4 heteroatoms. The van der Waals surface area contributed by atoms with Crippen molar-refractivity contribution in [3.8, 4) is 0 Å². The van der Waals surface area contributed by atoms with Crippen molar-refractivity contribution >= 4 is 17.4 Å². The van der Waals surface area contributed by atoms with Crippen LogP contribution >= 0.6 is 11.6 Å². The van der Waals surface area contributed by atoms with E-state index in [1.807, 2.05) is 0 Å². The Morgan fingerprint density at radius 1 is 1.29 bits per heavy atom. The van der Waals surface area contributed by atoms with Crippen LogP contribution in [-0.4, -0.2) is 23.6 Å². The molecule has 120 valence electrons. The van der Waals surface area contributed by atoms with Gasteiger partial charge in [0.05, 0.1) is 5.02 Å². The zero-order valence-corrected chi connectivity index (χ0v) is 14.9. The lowest BCUT2D eigenvalue weighted by Gasteiger charge is -2.30. The molecule has 0 radical (unpaired) electrons. The molecule has 0 amide bonds. The lowest BCUT2D eigenvalue weighted by atomic mass is 10.1. The summed E-state index contributed by atoms with van der Waals surface area (Å²) in [5.74, 6) is 1.04. The van der Waals surface area contributed by atoms with Crippen LogP contribution in [0.4, 0.5) is 5.82 Å². The Labute approximate surface area is 135 Å². The highest BCUT2D eigenvalue weighted by Gasteiger charge is 2.15. The maximum Gasteiger partial charge on any atom is 0.129 e. The van der Waals surface area contributed by atoms with Crippen molar-refractivity contribution in [1.82, 2.24) is 10.3 Å². The number of nitrogens with one attached hydrogen (secondary N) is 1. The average molecular weight is 312 g/mol. The molecular weight excluding hydrogens is 282 g/mol. The first-order valence-electron chi connectivity index (χ1n) is 8.14. The monoisotopic (exact) mass is 311 g/mol. The Bertz CT molecular complexity index is 420. The first-order valence-corrected chi connectivity index (χ1v) is 8.51. The Balaban J connectivity index is 2.94. The van der Waals surface area contributed by atoms with Crippen molar-refractivity contribution in [3.05, 3.63) is 22.8 Å². The number of rotatable bonds is 9. The van der Waals surface area contributed by atoms with Crippen molar-refractivity contribution in [3.63, 3.8) is 0 Å². The first kappa shape index (κ1) is 18.2. The predicted molar refractivity (Wildman–Crippen MR) is 93.2 cm³/mol. The zero-order chi connectivity index (χ0) is 15.8. The van der Waals surface area contributed by atoms with E-state index in [0.29, 0.717) is 12.1 Å². The van der Waals surface area contributed by atoms with E-state index < -0.39 is 0 Å². The highest BCUT2D eigenvalue weighted by Crippen LogP contribution is 2.23. The molecule has 1 rings (SSSR count). The van der Waals surface area contributed by atoms with Gasteiger partial charge in [-0.25, -0.2) is 4.98 Å². The van der Waals surface area contributed by atoms with E-state index in [-0.39, 0.29) is 0 Å². The number of pyridine rings is 1. The van der Waals surface area contributed by atoms with Crippen molar-refractivity contribution in [2.45, 2.75) is 72.5 Å². The quantitative estimate of drug-likeness (QED) is 0.720. The van der Waals surface area contributed by atoms with Gasteiger partial charge in [0.2, 0.25) is 0 Å². The summed E-state index contributed by atoms with van der Waals surface area (Å²) in [6.07, 6.45) is 5.29. The Morgan fingerprint density at radius 2 is 2.00 bits per heavy atom. The number of aromatic nitrogens is 1. The summed E-state index contributed by atoms with van der Waals surface area (Å²) in [7, 11) is 0. The summed E-state index contributed by atoms with van der Waals surface area (Å²) >= 11 is 6.28. The van der Waals surface area contributed by atoms with E-state index in [1.54, 1.807) is 6.20 Å². The predicted octanol–water partition coefficient (Wildman–Crippen LogP) is 4.64. The van der Waals surface area contributed by atoms with Crippen LogP contribution in [0.5, 0.6) is 0 Å². The summed E-state index contributed by atoms with van der Waals surface area (Å²) in [5, 5.41) is 4.17. The minimum Gasteiger partial charge on any atom is -0.354 e. The number of hydrogen-bond acceptors (Lipinski definition) is 3. The summed E-state index contributed by atoms with van der Waals surface area (Å²) in [6, 6.07) is 3.08. The van der Waals surface area contributed by atoms with Crippen LogP contribution < -0.4 is 10.2 Å². The van der Waals surface area contributed by atoms with Gasteiger partial charge < -0.3 is 10.2 Å². The molecule has 0 spiro atoms. The summed E-state index contributed by atoms with van der Waals surface area (Å²) in [6.45, 7) is 12.8. The molecule has 21 heavy (non-hydrogen) atoms. The second-order valence-electron chi connectivity index (χ2n) is 5.97. The number of hydrogen-bond donors (Lipinski definition) is 1. The zero-order valence-electron chi connectivity index (χ0n) is 14.1. The van der Waals surface area contributed by atoms with Gasteiger partial charge in [0.1, 0.15) is 5.82 Å². The maximum atomic E-state index is 6.28. The van der Waals surface area contributed by atoms with Gasteiger partial charge in [0, 0.05) is 31.4 Å². The van der Waals surface area contributed by atoms with E-state index in [4.69, 9.17) is 11.6 Å². The molecule has 1 aromatic rings. The minimum atomic E-state index is 0.448. The number of halogens is 1. The SMILES string of the molecule is CCCCN(c1cc(CNC(C)C)c(Cl)cn1)C(C)CC. The van der Waals surface area contributed by atoms with E-state index in [1.165, 1.54) is 12.8 Å². The van der Waals surface area contributed by atoms with Gasteiger partial charge in [0.25, 0.3) is 0 Å². The average Bonchev–Trinajstić information content (AvgIpc) is 2.47. The molecule has 0 aliphatic heterocycles. The third-order valence-electron chi connectivity index (χ3n) is 3.79. The summed E-state index contributed by atoms with van der Waals surface area (Å²) < 4.78 is 0. The van der Waals surface area contributed by atoms with Gasteiger partial charge in [-0.2, -0.15) is 0 Å². The topological polar surface area (TPSA) is 28.2 Å². The number of unbranched alkanes of at least 4 members (excludes halogenated alkanes) is 1. The summed E-state index contributed by atoms with van der Waals surface area (Å²) in [4.78, 5) is 6.96. The van der Waals surface area contributed by atoms with Crippen LogP contribution in [0.15, 0.2) is 12.3 Å². The van der Waals surface area contributed by atoms with Gasteiger partial charge in [-0.1, -0.05) is 45.7 Å². The van der Waals surface area contributed by atoms with E-state index >= 15 is 0 Å². The van der Waals surface area contributed by atoms with Crippen LogP contribution in [-0.2, 0) is 6.54 Å². The fourth-order valence-electron chi connectivity index (χ4n) is 2.18. The molecule has 0 fully saturated rings. The lowest BCUT2D eigenvalue weighted by molar-refractivity contribution is 0.581. The van der Waals surface area contributed by atoms with E-state index in [0.717, 1.165) is 35.9 Å². The van der Waals surface area contributed by atoms with Gasteiger partial charge >= 0.3 is 0 Å². The molecule has 1 N–H and O–H groups in total. The standard InChI is InChI=1S/C17H30ClN3/c1-6-8-9-21(14(5)7-2)17-10-15(11-19-13(3)4)16(18)12-20-17/h10,12-14,19H,6-9,11H2,1-5H3. The second-order valence-corrected chi connectivity index (χ2v) is 6.38. The molecule has 0 bridgehead atoms. The van der Waals surface area contributed by atoms with Crippen LogP contribution in [0.25, 0.3) is 0 Å². The van der Waals surface area contributed by atoms with Crippen LogP contribution in [0.1, 0.15) is 59.4 Å². The molecule has 0 saturated carbocycles. The van der Waals surface area contributed by atoms with Gasteiger partial charge in [-0.05, 0) is 31.4 Å². The number of anilines is 1. The normalized spacial score (nSPS) is 12.7. The van der Waals surface area contributed by atoms with Gasteiger partial charge in [-0.15, -0.1) is 0 Å².